The SMILES string of the molecule is NN=NCCc1ccc(O)cc1. The molecule has 1 aromatic rings. The largest absolute Gasteiger partial charge is 0.508 e. The van der Waals surface area contributed by atoms with Crippen LogP contribution < -0.4 is 5.84 Å². The summed E-state index contributed by atoms with van der Waals surface area (Å²) in [6.07, 6.45) is 0.793. The lowest BCUT2D eigenvalue weighted by Gasteiger charge is -1.96. The van der Waals surface area contributed by atoms with Crippen molar-refractivity contribution in [3.05, 3.63) is 29.8 Å². The summed E-state index contributed by atoms with van der Waals surface area (Å²) in [6.45, 7) is 0.585. The summed E-state index contributed by atoms with van der Waals surface area (Å²) in [6, 6.07) is 6.99. The van der Waals surface area contributed by atoms with Gasteiger partial charge >= 0.3 is 0 Å². The van der Waals surface area contributed by atoms with Crippen LogP contribution in [0.2, 0.25) is 0 Å². The average Bonchev–Trinajstić information content (AvgIpc) is 2.09. The third-order valence-corrected chi connectivity index (χ3v) is 1.52. The van der Waals surface area contributed by atoms with Gasteiger partial charge in [-0.15, -0.1) is 0 Å². The highest BCUT2D eigenvalue weighted by atomic mass is 16.3. The summed E-state index contributed by atoms with van der Waals surface area (Å²) < 4.78 is 0. The predicted octanol–water partition coefficient (Wildman–Crippen LogP) is 1.26. The Kier molecular flexibility index (Phi) is 3.07. The highest BCUT2D eigenvalue weighted by Gasteiger charge is 1.91. The van der Waals surface area contributed by atoms with Crippen molar-refractivity contribution in [2.45, 2.75) is 6.42 Å². The second-order valence-electron chi connectivity index (χ2n) is 2.40. The van der Waals surface area contributed by atoms with Gasteiger partial charge in [0.05, 0.1) is 6.54 Å². The maximum absolute atomic E-state index is 8.97. The van der Waals surface area contributed by atoms with Gasteiger partial charge in [0.1, 0.15) is 5.75 Å². The molecule has 0 aliphatic heterocycles. The number of hydrogen-bond acceptors (Lipinski definition) is 3. The van der Waals surface area contributed by atoms with Crippen LogP contribution in [0.15, 0.2) is 34.6 Å². The molecule has 0 fully saturated rings. The quantitative estimate of drug-likeness (QED) is 0.402. The third kappa shape index (κ3) is 2.57. The molecule has 1 aromatic carbocycles. The molecule has 0 saturated carbocycles. The van der Waals surface area contributed by atoms with E-state index in [1.165, 1.54) is 0 Å². The molecule has 3 N–H and O–H groups in total. The van der Waals surface area contributed by atoms with E-state index in [1.54, 1.807) is 12.1 Å². The number of hydrogen-bond donors (Lipinski definition) is 2. The molecule has 0 spiro atoms. The van der Waals surface area contributed by atoms with E-state index in [4.69, 9.17) is 10.9 Å². The van der Waals surface area contributed by atoms with Crippen LogP contribution in [-0.2, 0) is 6.42 Å². The highest BCUT2D eigenvalue weighted by molar-refractivity contribution is 5.25. The van der Waals surface area contributed by atoms with Gasteiger partial charge in [-0.05, 0) is 24.1 Å². The molecule has 0 aliphatic rings. The third-order valence-electron chi connectivity index (χ3n) is 1.52. The van der Waals surface area contributed by atoms with Gasteiger partial charge in [-0.1, -0.05) is 17.4 Å². The van der Waals surface area contributed by atoms with Crippen molar-refractivity contribution in [3.8, 4) is 5.75 Å². The molecule has 12 heavy (non-hydrogen) atoms. The Balaban J connectivity index is 2.47. The van der Waals surface area contributed by atoms with Gasteiger partial charge in [-0.3, -0.25) is 0 Å². The summed E-state index contributed by atoms with van der Waals surface area (Å²) in [7, 11) is 0. The second kappa shape index (κ2) is 4.33. The number of benzene rings is 1. The molecule has 0 saturated heterocycles. The lowest BCUT2D eigenvalue weighted by Crippen LogP contribution is -1.89. The van der Waals surface area contributed by atoms with Gasteiger partial charge in [-0.25, -0.2) is 0 Å². The fourth-order valence-electron chi connectivity index (χ4n) is 0.899. The minimum atomic E-state index is 0.277. The molecule has 0 aliphatic carbocycles. The van der Waals surface area contributed by atoms with Crippen molar-refractivity contribution < 1.29 is 5.11 Å². The molecule has 0 heterocycles. The molecule has 1 rings (SSSR count). The Morgan fingerprint density at radius 3 is 2.50 bits per heavy atom. The highest BCUT2D eigenvalue weighted by Crippen LogP contribution is 2.09. The molecule has 64 valence electrons. The molecule has 4 nitrogen and oxygen atoms in total. The lowest BCUT2D eigenvalue weighted by atomic mass is 10.1. The minimum absolute atomic E-state index is 0.277. The molecule has 4 heteroatoms. The molecule has 0 atom stereocenters. The summed E-state index contributed by atoms with van der Waals surface area (Å²) in [5.74, 6) is 5.11. The Labute approximate surface area is 70.7 Å². The zero-order chi connectivity index (χ0) is 8.81. The van der Waals surface area contributed by atoms with Crippen molar-refractivity contribution >= 4 is 0 Å². The number of nitrogens with two attached hydrogens (primary N) is 1. The minimum Gasteiger partial charge on any atom is -0.508 e. The maximum Gasteiger partial charge on any atom is 0.115 e. The first-order valence-electron chi connectivity index (χ1n) is 3.67. The Morgan fingerprint density at radius 2 is 1.92 bits per heavy atom. The van der Waals surface area contributed by atoms with Crippen LogP contribution in [0.5, 0.6) is 5.75 Å². The predicted molar refractivity (Wildman–Crippen MR) is 45.7 cm³/mol. The van der Waals surface area contributed by atoms with Crippen molar-refractivity contribution in [3.63, 3.8) is 0 Å². The summed E-state index contributed by atoms with van der Waals surface area (Å²) >= 11 is 0. The first-order valence-corrected chi connectivity index (χ1v) is 3.67. The summed E-state index contributed by atoms with van der Waals surface area (Å²) in [5.41, 5.74) is 1.11. The molecular formula is C8H11N3O. The standard InChI is InChI=1S/C8H11N3O/c9-11-10-6-5-7-1-3-8(12)4-2-7/h1-4,12H,5-6H2,(H2,9,10). The zero-order valence-corrected chi connectivity index (χ0v) is 6.64. The Hall–Kier alpha value is -1.58. The summed E-state index contributed by atoms with van der Waals surface area (Å²) in [4.78, 5) is 0. The van der Waals surface area contributed by atoms with E-state index in [1.807, 2.05) is 12.1 Å². The van der Waals surface area contributed by atoms with Crippen LogP contribution in [0.4, 0.5) is 0 Å². The molecule has 0 radical (unpaired) electrons. The topological polar surface area (TPSA) is 71.0 Å². The van der Waals surface area contributed by atoms with Crippen LogP contribution >= 0.6 is 0 Å². The number of rotatable bonds is 3. The summed E-state index contributed by atoms with van der Waals surface area (Å²) in [5, 5.41) is 15.7. The van der Waals surface area contributed by atoms with Crippen LogP contribution in [0.3, 0.4) is 0 Å². The van der Waals surface area contributed by atoms with Crippen LogP contribution in [0.25, 0.3) is 0 Å². The van der Waals surface area contributed by atoms with E-state index in [-0.39, 0.29) is 5.75 Å². The molecule has 0 amide bonds. The van der Waals surface area contributed by atoms with Crippen molar-refractivity contribution in [2.75, 3.05) is 6.54 Å². The number of aromatic hydroxyl groups is 1. The lowest BCUT2D eigenvalue weighted by molar-refractivity contribution is 0.475. The van der Waals surface area contributed by atoms with Crippen LogP contribution in [0.1, 0.15) is 5.56 Å². The monoisotopic (exact) mass is 165 g/mol. The zero-order valence-electron chi connectivity index (χ0n) is 6.64. The first kappa shape index (κ1) is 8.52. The normalized spacial score (nSPS) is 10.7. The fourth-order valence-corrected chi connectivity index (χ4v) is 0.899. The van der Waals surface area contributed by atoms with Gasteiger partial charge in [0, 0.05) is 0 Å². The Bertz CT molecular complexity index is 256. The van der Waals surface area contributed by atoms with E-state index < -0.39 is 0 Å². The smallest absolute Gasteiger partial charge is 0.115 e. The van der Waals surface area contributed by atoms with Crippen molar-refractivity contribution in [2.24, 2.45) is 16.2 Å². The van der Waals surface area contributed by atoms with Crippen LogP contribution in [0, 0.1) is 0 Å². The van der Waals surface area contributed by atoms with Crippen molar-refractivity contribution in [1.29, 1.82) is 0 Å². The van der Waals surface area contributed by atoms with E-state index in [2.05, 4.69) is 10.3 Å². The van der Waals surface area contributed by atoms with E-state index >= 15 is 0 Å². The molecule has 0 unspecified atom stereocenters. The van der Waals surface area contributed by atoms with E-state index in [9.17, 15) is 0 Å². The van der Waals surface area contributed by atoms with Gasteiger partial charge in [0.15, 0.2) is 0 Å². The average molecular weight is 165 g/mol. The van der Waals surface area contributed by atoms with Gasteiger partial charge in [-0.2, -0.15) is 5.11 Å². The molecular weight excluding hydrogens is 154 g/mol. The first-order chi connectivity index (χ1) is 5.83. The van der Waals surface area contributed by atoms with Crippen LogP contribution in [-0.4, -0.2) is 11.7 Å². The van der Waals surface area contributed by atoms with E-state index in [0.29, 0.717) is 6.54 Å². The van der Waals surface area contributed by atoms with Gasteiger partial charge in [0.25, 0.3) is 0 Å². The van der Waals surface area contributed by atoms with Crippen molar-refractivity contribution in [1.82, 2.24) is 0 Å². The van der Waals surface area contributed by atoms with Gasteiger partial charge in [0.2, 0.25) is 0 Å². The second-order valence-corrected chi connectivity index (χ2v) is 2.40. The molecule has 0 bridgehead atoms. The maximum atomic E-state index is 8.97. The number of phenols is 1. The van der Waals surface area contributed by atoms with Gasteiger partial charge < -0.3 is 10.9 Å². The fraction of sp³-hybridized carbons (Fsp3) is 0.250. The molecule has 0 aromatic heterocycles. The number of phenolic OH excluding ortho intramolecular Hbond substituents is 1. The van der Waals surface area contributed by atoms with E-state index in [0.717, 1.165) is 12.0 Å². The number of nitrogens with zero attached hydrogens (tertiary/aromatic N) is 2. The Morgan fingerprint density at radius 1 is 1.25 bits per heavy atom.